The van der Waals surface area contributed by atoms with Crippen LogP contribution >= 0.6 is 0 Å². The topological polar surface area (TPSA) is 150 Å². The predicted octanol–water partition coefficient (Wildman–Crippen LogP) is -0.407. The Morgan fingerprint density at radius 1 is 1.24 bits per heavy atom. The van der Waals surface area contributed by atoms with Gasteiger partial charge in [-0.1, -0.05) is 9.40 Å². The summed E-state index contributed by atoms with van der Waals surface area (Å²) < 4.78 is 13.2. The zero-order valence-corrected chi connectivity index (χ0v) is 8.44. The molecule has 0 rings (SSSR count). The quantitative estimate of drug-likeness (QED) is 0.270. The number of nitrogens with zero attached hydrogens (tertiary/aromatic N) is 4. The van der Waals surface area contributed by atoms with Crippen LogP contribution in [0.2, 0.25) is 0 Å². The molecule has 96 valence electrons. The zero-order chi connectivity index (χ0) is 13.8. The lowest BCUT2D eigenvalue weighted by Gasteiger charge is -2.11. The van der Waals surface area contributed by atoms with E-state index < -0.39 is 39.7 Å². The van der Waals surface area contributed by atoms with Gasteiger partial charge in [0.25, 0.3) is 5.91 Å². The van der Waals surface area contributed by atoms with Crippen LogP contribution in [-0.2, 0) is 4.79 Å². The van der Waals surface area contributed by atoms with Gasteiger partial charge in [-0.25, -0.2) is 10.1 Å². The molecule has 0 radical (unpaired) electrons. The van der Waals surface area contributed by atoms with E-state index in [1.807, 2.05) is 0 Å². The summed E-state index contributed by atoms with van der Waals surface area (Å²) in [5.41, 5.74) is 0. The van der Waals surface area contributed by atoms with Crippen LogP contribution in [0.3, 0.4) is 0 Å². The van der Waals surface area contributed by atoms with Crippen molar-refractivity contribution in [1.29, 1.82) is 0 Å². The molecule has 0 unspecified atom stereocenters. The lowest BCUT2D eigenvalue weighted by molar-refractivity contribution is -0.833. The van der Waals surface area contributed by atoms with Crippen LogP contribution in [0.5, 0.6) is 0 Å². The van der Waals surface area contributed by atoms with E-state index in [2.05, 4.69) is 0 Å². The molecule has 0 aliphatic heterocycles. The molecule has 12 heteroatoms. The number of hydrogen-bond donors (Lipinski definition) is 0. The van der Waals surface area contributed by atoms with Crippen LogP contribution in [-0.4, -0.2) is 38.3 Å². The van der Waals surface area contributed by atoms with Crippen LogP contribution in [0.1, 0.15) is 13.3 Å². The van der Waals surface area contributed by atoms with E-state index in [9.17, 15) is 39.5 Å². The van der Waals surface area contributed by atoms with E-state index in [1.54, 1.807) is 0 Å². The van der Waals surface area contributed by atoms with E-state index in [0.717, 1.165) is 6.92 Å². The average Bonchev–Trinajstić information content (AvgIpc) is 2.15. The van der Waals surface area contributed by atoms with Gasteiger partial charge >= 0.3 is 5.92 Å². The third-order valence-electron chi connectivity index (χ3n) is 1.76. The van der Waals surface area contributed by atoms with Gasteiger partial charge in [-0.3, -0.25) is 25.0 Å². The summed E-state index contributed by atoms with van der Waals surface area (Å²) in [6.45, 7) is -0.318. The van der Waals surface area contributed by atoms with Gasteiger partial charge in [0.2, 0.25) is 0 Å². The first-order valence-corrected chi connectivity index (χ1v) is 4.03. The Kier molecular flexibility index (Phi) is 4.37. The third-order valence-corrected chi connectivity index (χ3v) is 1.76. The van der Waals surface area contributed by atoms with E-state index in [-0.39, 0.29) is 5.01 Å². The number of amides is 1. The number of nitro groups is 3. The van der Waals surface area contributed by atoms with Crippen LogP contribution in [0.15, 0.2) is 0 Å². The minimum Gasteiger partial charge on any atom is -0.269 e. The first kappa shape index (κ1) is 14.6. The predicted molar refractivity (Wildman–Crippen MR) is 46.8 cm³/mol. The average molecular weight is 254 g/mol. The highest BCUT2D eigenvalue weighted by atomic mass is 19.2. The van der Waals surface area contributed by atoms with Crippen LogP contribution in [0, 0.1) is 30.3 Å². The molecule has 0 aromatic rings. The van der Waals surface area contributed by atoms with E-state index in [1.165, 1.54) is 0 Å². The fourth-order valence-electron chi connectivity index (χ4n) is 0.851. The molecule has 0 heterocycles. The lowest BCUT2D eigenvalue weighted by Crippen LogP contribution is -2.46. The Labute approximate surface area is 92.2 Å². The molecule has 11 nitrogen and oxygen atoms in total. The molecule has 0 fully saturated rings. The summed E-state index contributed by atoms with van der Waals surface area (Å²) in [5.74, 6) is -5.17. The minimum absolute atomic E-state index is 0.151. The molecule has 0 aliphatic carbocycles. The third kappa shape index (κ3) is 3.29. The van der Waals surface area contributed by atoms with Crippen molar-refractivity contribution in [2.24, 2.45) is 0 Å². The van der Waals surface area contributed by atoms with Crippen molar-refractivity contribution in [3.8, 4) is 0 Å². The smallest absolute Gasteiger partial charge is 0.269 e. The Bertz CT molecular complexity index is 343. The maximum absolute atomic E-state index is 13.2. The molecule has 0 aromatic carbocycles. The Morgan fingerprint density at radius 2 is 1.65 bits per heavy atom. The van der Waals surface area contributed by atoms with Gasteiger partial charge in [0.05, 0.1) is 0 Å². The van der Waals surface area contributed by atoms with Crippen LogP contribution in [0.4, 0.5) is 4.39 Å². The number of halogens is 1. The summed E-state index contributed by atoms with van der Waals surface area (Å²) in [4.78, 5) is 37.5. The van der Waals surface area contributed by atoms with Crippen molar-refractivity contribution < 1.29 is 24.1 Å². The van der Waals surface area contributed by atoms with Gasteiger partial charge in [-0.15, -0.1) is 0 Å². The molecular formula is C5H7FN4O7. The largest absolute Gasteiger partial charge is 0.615 e. The Balaban J connectivity index is 4.83. The first-order chi connectivity index (χ1) is 7.62. The molecular weight excluding hydrogens is 247 g/mol. The molecule has 0 atom stereocenters. The van der Waals surface area contributed by atoms with Crippen molar-refractivity contribution in [1.82, 2.24) is 5.01 Å². The van der Waals surface area contributed by atoms with Crippen molar-refractivity contribution >= 4 is 5.91 Å². The van der Waals surface area contributed by atoms with Gasteiger partial charge in [0.15, 0.2) is 11.5 Å². The monoisotopic (exact) mass is 254 g/mol. The van der Waals surface area contributed by atoms with Gasteiger partial charge in [-0.05, 0) is 0 Å². The minimum atomic E-state index is -4.05. The summed E-state index contributed by atoms with van der Waals surface area (Å²) >= 11 is 0. The molecule has 17 heavy (non-hydrogen) atoms. The second-order valence-electron chi connectivity index (χ2n) is 2.86. The van der Waals surface area contributed by atoms with Crippen molar-refractivity contribution in [3.63, 3.8) is 0 Å². The highest BCUT2D eigenvalue weighted by Gasteiger charge is 2.58. The van der Waals surface area contributed by atoms with Crippen LogP contribution < -0.4 is 0 Å². The van der Waals surface area contributed by atoms with Crippen LogP contribution in [0.25, 0.3) is 0 Å². The number of rotatable bonds is 6. The second-order valence-corrected chi connectivity index (χ2v) is 2.86. The number of alkyl halides is 1. The highest BCUT2D eigenvalue weighted by molar-refractivity contribution is 5.71. The standard InChI is InChI=1S/C5H7FN4O7/c1-4(11)7(10(16)17)3-2-5(6,8(12)13)9(14)15/h2-3H2,1H3. The van der Waals surface area contributed by atoms with Gasteiger partial charge in [0.1, 0.15) is 16.4 Å². The van der Waals surface area contributed by atoms with Crippen molar-refractivity contribution in [2.45, 2.75) is 19.3 Å². The van der Waals surface area contributed by atoms with E-state index >= 15 is 0 Å². The summed E-state index contributed by atoms with van der Waals surface area (Å²) in [5, 5.41) is 29.1. The number of carbonyl (C=O) groups excluding carboxylic acids is 1. The lowest BCUT2D eigenvalue weighted by atomic mass is 10.3. The van der Waals surface area contributed by atoms with Crippen molar-refractivity contribution in [3.05, 3.63) is 30.3 Å². The fraction of sp³-hybridized carbons (Fsp3) is 0.800. The van der Waals surface area contributed by atoms with E-state index in [4.69, 9.17) is 0 Å². The SMILES string of the molecule is CC(=O)N(CCC(F)([N+](=O)[O-])[N+](=O)[O-])[N+](=O)[O-]. The summed E-state index contributed by atoms with van der Waals surface area (Å²) in [7, 11) is 0. The Hall–Kier alpha value is -2.40. The maximum Gasteiger partial charge on any atom is 0.615 e. The van der Waals surface area contributed by atoms with Gasteiger partial charge < -0.3 is 0 Å². The summed E-state index contributed by atoms with van der Waals surface area (Å²) in [6, 6.07) is 0. The Morgan fingerprint density at radius 3 is 1.88 bits per heavy atom. The summed E-state index contributed by atoms with van der Waals surface area (Å²) in [6.07, 6.45) is -1.42. The first-order valence-electron chi connectivity index (χ1n) is 4.03. The van der Waals surface area contributed by atoms with E-state index in [0.29, 0.717) is 0 Å². The molecule has 0 saturated heterocycles. The molecule has 0 aromatic heterocycles. The molecule has 0 saturated carbocycles. The number of hydrogen-bond acceptors (Lipinski definition) is 7. The molecule has 1 amide bonds. The molecule has 0 aliphatic rings. The normalized spacial score (nSPS) is 10.7. The number of carbonyl (C=O) groups is 1. The number of hydrazine groups is 1. The highest BCUT2D eigenvalue weighted by Crippen LogP contribution is 2.18. The zero-order valence-electron chi connectivity index (χ0n) is 8.44. The van der Waals surface area contributed by atoms with Gasteiger partial charge in [-0.2, -0.15) is 0 Å². The molecule has 0 N–H and O–H groups in total. The fourth-order valence-corrected chi connectivity index (χ4v) is 0.851. The molecule has 0 bridgehead atoms. The molecule has 0 spiro atoms. The maximum atomic E-state index is 13.2. The second kappa shape index (κ2) is 5.09. The van der Waals surface area contributed by atoms with Gasteiger partial charge in [0, 0.05) is 6.92 Å². The van der Waals surface area contributed by atoms with Crippen molar-refractivity contribution in [2.75, 3.05) is 6.54 Å².